The molecular formula is C9H12F3NO. The molecule has 80 valence electrons. The average Bonchev–Trinajstić information content (AvgIpc) is 2.48. The molecule has 0 aromatic rings. The van der Waals surface area contributed by atoms with Crippen molar-refractivity contribution in [2.24, 2.45) is 5.92 Å². The van der Waals surface area contributed by atoms with Crippen molar-refractivity contribution in [3.05, 3.63) is 12.7 Å². The summed E-state index contributed by atoms with van der Waals surface area (Å²) in [7, 11) is 0. The molecule has 1 aliphatic rings. The van der Waals surface area contributed by atoms with Gasteiger partial charge < -0.3 is 4.90 Å². The molecule has 0 radical (unpaired) electrons. The first-order valence-corrected chi connectivity index (χ1v) is 4.40. The Kier molecular flexibility index (Phi) is 3.18. The summed E-state index contributed by atoms with van der Waals surface area (Å²) in [6, 6.07) is 0. The zero-order valence-corrected chi connectivity index (χ0v) is 7.68. The minimum absolute atomic E-state index is 0.199. The zero-order chi connectivity index (χ0) is 10.8. The number of halogens is 3. The minimum Gasteiger partial charge on any atom is -0.339 e. The maximum absolute atomic E-state index is 12.0. The first-order chi connectivity index (χ1) is 6.42. The van der Waals surface area contributed by atoms with Gasteiger partial charge in [-0.05, 0) is 18.4 Å². The fraction of sp³-hybridized carbons (Fsp3) is 0.667. The second kappa shape index (κ2) is 4.02. The van der Waals surface area contributed by atoms with Crippen LogP contribution in [0.25, 0.3) is 0 Å². The predicted molar refractivity (Wildman–Crippen MR) is 45.6 cm³/mol. The van der Waals surface area contributed by atoms with Gasteiger partial charge in [0.05, 0.1) is 0 Å². The predicted octanol–water partition coefficient (Wildman–Crippen LogP) is 1.97. The van der Waals surface area contributed by atoms with Gasteiger partial charge in [0.15, 0.2) is 0 Å². The molecular weight excluding hydrogens is 195 g/mol. The summed E-state index contributed by atoms with van der Waals surface area (Å²) >= 11 is 0. The molecule has 0 unspecified atom stereocenters. The molecule has 1 rings (SSSR count). The summed E-state index contributed by atoms with van der Waals surface area (Å²) in [5.41, 5.74) is 0. The highest BCUT2D eigenvalue weighted by molar-refractivity contribution is 5.87. The number of carbonyl (C=O) groups is 1. The molecule has 0 saturated carbocycles. The molecule has 1 heterocycles. The highest BCUT2D eigenvalue weighted by Gasteiger charge is 2.35. The van der Waals surface area contributed by atoms with Gasteiger partial charge in [-0.3, -0.25) is 4.79 Å². The van der Waals surface area contributed by atoms with Crippen molar-refractivity contribution in [3.8, 4) is 0 Å². The quantitative estimate of drug-likeness (QED) is 0.634. The largest absolute Gasteiger partial charge is 0.389 e. The minimum atomic E-state index is -4.13. The van der Waals surface area contributed by atoms with E-state index in [0.717, 1.165) is 6.08 Å². The van der Waals surface area contributed by atoms with Crippen LogP contribution < -0.4 is 0 Å². The first-order valence-electron chi connectivity index (χ1n) is 4.40. The molecule has 0 aromatic heterocycles. The number of hydrogen-bond acceptors (Lipinski definition) is 1. The van der Waals surface area contributed by atoms with E-state index in [0.29, 0.717) is 13.0 Å². The summed E-state index contributed by atoms with van der Waals surface area (Å²) in [6.45, 7) is 3.90. The Morgan fingerprint density at radius 2 is 2.21 bits per heavy atom. The van der Waals surface area contributed by atoms with E-state index in [1.807, 2.05) is 0 Å². The van der Waals surface area contributed by atoms with Gasteiger partial charge in [-0.1, -0.05) is 6.58 Å². The molecule has 0 aliphatic carbocycles. The van der Waals surface area contributed by atoms with Gasteiger partial charge in [0, 0.05) is 19.5 Å². The van der Waals surface area contributed by atoms with Gasteiger partial charge >= 0.3 is 6.18 Å². The van der Waals surface area contributed by atoms with E-state index in [4.69, 9.17) is 0 Å². The molecule has 0 spiro atoms. The van der Waals surface area contributed by atoms with Crippen LogP contribution in [0, 0.1) is 5.92 Å². The van der Waals surface area contributed by atoms with Crippen molar-refractivity contribution in [1.29, 1.82) is 0 Å². The molecule has 1 amide bonds. The Labute approximate surface area is 80.4 Å². The molecule has 2 nitrogen and oxygen atoms in total. The average molecular weight is 207 g/mol. The maximum Gasteiger partial charge on any atom is 0.389 e. The molecule has 1 fully saturated rings. The number of amides is 1. The van der Waals surface area contributed by atoms with Crippen molar-refractivity contribution >= 4 is 5.91 Å². The van der Waals surface area contributed by atoms with Crippen molar-refractivity contribution in [1.82, 2.24) is 4.90 Å². The molecule has 14 heavy (non-hydrogen) atoms. The first kappa shape index (κ1) is 11.1. The standard InChI is InChI=1S/C9H12F3NO/c1-2-8(14)13-4-3-7(6-13)5-9(10,11)12/h2,7H,1,3-6H2/t7-/m1/s1. The Balaban J connectivity index is 2.42. The molecule has 1 aliphatic heterocycles. The third kappa shape index (κ3) is 3.05. The summed E-state index contributed by atoms with van der Waals surface area (Å²) < 4.78 is 36.0. The second-order valence-electron chi connectivity index (χ2n) is 3.46. The smallest absolute Gasteiger partial charge is 0.339 e. The third-order valence-corrected chi connectivity index (χ3v) is 2.29. The summed E-state index contributed by atoms with van der Waals surface area (Å²) in [5, 5.41) is 0. The van der Waals surface area contributed by atoms with Gasteiger partial charge in [-0.25, -0.2) is 0 Å². The normalized spacial score (nSPS) is 22.5. The van der Waals surface area contributed by atoms with E-state index in [1.54, 1.807) is 0 Å². The van der Waals surface area contributed by atoms with Crippen LogP contribution in [0.15, 0.2) is 12.7 Å². The van der Waals surface area contributed by atoms with Crippen LogP contribution in [0.3, 0.4) is 0 Å². The lowest BCUT2D eigenvalue weighted by molar-refractivity contribution is -0.144. The maximum atomic E-state index is 12.0. The molecule has 0 aromatic carbocycles. The van der Waals surface area contributed by atoms with Gasteiger partial charge in [-0.2, -0.15) is 13.2 Å². The van der Waals surface area contributed by atoms with E-state index in [2.05, 4.69) is 6.58 Å². The molecule has 0 bridgehead atoms. The van der Waals surface area contributed by atoms with E-state index in [1.165, 1.54) is 4.90 Å². The lowest BCUT2D eigenvalue weighted by Crippen LogP contribution is -2.27. The lowest BCUT2D eigenvalue weighted by atomic mass is 10.1. The second-order valence-corrected chi connectivity index (χ2v) is 3.46. The Morgan fingerprint density at radius 1 is 1.57 bits per heavy atom. The molecule has 1 saturated heterocycles. The number of carbonyl (C=O) groups excluding carboxylic acids is 1. The van der Waals surface area contributed by atoms with Gasteiger partial charge in [0.1, 0.15) is 0 Å². The Morgan fingerprint density at radius 3 is 2.71 bits per heavy atom. The van der Waals surface area contributed by atoms with E-state index in [-0.39, 0.29) is 12.5 Å². The molecule has 1 atom stereocenters. The SMILES string of the molecule is C=CC(=O)N1CC[C@H](CC(F)(F)F)C1. The van der Waals surface area contributed by atoms with Crippen LogP contribution in [0.2, 0.25) is 0 Å². The zero-order valence-electron chi connectivity index (χ0n) is 7.68. The van der Waals surface area contributed by atoms with E-state index in [9.17, 15) is 18.0 Å². The van der Waals surface area contributed by atoms with Crippen molar-refractivity contribution < 1.29 is 18.0 Å². The summed E-state index contributed by atoms with van der Waals surface area (Å²) in [4.78, 5) is 12.5. The van der Waals surface area contributed by atoms with Crippen LogP contribution in [-0.4, -0.2) is 30.1 Å². The van der Waals surface area contributed by atoms with E-state index < -0.39 is 18.5 Å². The molecule has 0 N–H and O–H groups in total. The lowest BCUT2D eigenvalue weighted by Gasteiger charge is -2.15. The highest BCUT2D eigenvalue weighted by atomic mass is 19.4. The fourth-order valence-corrected chi connectivity index (χ4v) is 1.66. The van der Waals surface area contributed by atoms with Gasteiger partial charge in [0.2, 0.25) is 5.91 Å². The van der Waals surface area contributed by atoms with Crippen LogP contribution >= 0.6 is 0 Å². The van der Waals surface area contributed by atoms with Crippen LogP contribution in [-0.2, 0) is 4.79 Å². The summed E-state index contributed by atoms with van der Waals surface area (Å²) in [5.74, 6) is -0.728. The van der Waals surface area contributed by atoms with Gasteiger partial charge in [-0.15, -0.1) is 0 Å². The van der Waals surface area contributed by atoms with Crippen LogP contribution in [0.1, 0.15) is 12.8 Å². The summed E-state index contributed by atoms with van der Waals surface area (Å²) in [6.07, 6.45) is -3.36. The van der Waals surface area contributed by atoms with Crippen molar-refractivity contribution in [2.45, 2.75) is 19.0 Å². The topological polar surface area (TPSA) is 20.3 Å². The fourth-order valence-electron chi connectivity index (χ4n) is 1.66. The highest BCUT2D eigenvalue weighted by Crippen LogP contribution is 2.30. The Bertz CT molecular complexity index is 237. The van der Waals surface area contributed by atoms with Crippen molar-refractivity contribution in [2.75, 3.05) is 13.1 Å². The monoisotopic (exact) mass is 207 g/mol. The van der Waals surface area contributed by atoms with E-state index >= 15 is 0 Å². The van der Waals surface area contributed by atoms with Crippen LogP contribution in [0.5, 0.6) is 0 Å². The number of hydrogen-bond donors (Lipinski definition) is 0. The third-order valence-electron chi connectivity index (χ3n) is 2.29. The number of likely N-dealkylation sites (tertiary alicyclic amines) is 1. The van der Waals surface area contributed by atoms with Crippen molar-refractivity contribution in [3.63, 3.8) is 0 Å². The number of rotatable bonds is 2. The van der Waals surface area contributed by atoms with Gasteiger partial charge in [0.25, 0.3) is 0 Å². The van der Waals surface area contributed by atoms with Crippen LogP contribution in [0.4, 0.5) is 13.2 Å². The Hall–Kier alpha value is -1.00. The number of alkyl halides is 3. The molecule has 5 heteroatoms. The number of nitrogens with zero attached hydrogens (tertiary/aromatic N) is 1.